The molecule has 2 heteroatoms. The third kappa shape index (κ3) is 2.75. The first-order valence-electron chi connectivity index (χ1n) is 8.37. The largest absolute Gasteiger partial charge is 0.310 e. The van der Waals surface area contributed by atoms with E-state index < -0.39 is 0 Å². The molecule has 1 N–H and O–H groups in total. The summed E-state index contributed by atoms with van der Waals surface area (Å²) in [6, 6.07) is 2.52. The summed E-state index contributed by atoms with van der Waals surface area (Å²) in [5, 5.41) is 4.04. The highest BCUT2D eigenvalue weighted by Gasteiger charge is 2.36. The number of rotatable bonds is 3. The quantitative estimate of drug-likeness (QED) is 0.827. The molecule has 0 amide bonds. The lowest BCUT2D eigenvalue weighted by Crippen LogP contribution is -2.49. The van der Waals surface area contributed by atoms with Crippen LogP contribution < -0.4 is 5.32 Å². The van der Waals surface area contributed by atoms with Gasteiger partial charge in [0, 0.05) is 24.7 Å². The van der Waals surface area contributed by atoms with Gasteiger partial charge >= 0.3 is 0 Å². The number of fused-ring (bicyclic) bond motifs is 1. The van der Waals surface area contributed by atoms with Gasteiger partial charge in [-0.25, -0.2) is 0 Å². The molecule has 0 radical (unpaired) electrons. The number of nitrogens with one attached hydrogen (secondary N) is 1. The molecule has 0 aromatic carbocycles. The minimum atomic E-state index is 0.811. The van der Waals surface area contributed by atoms with Gasteiger partial charge < -0.3 is 5.32 Å². The van der Waals surface area contributed by atoms with Crippen molar-refractivity contribution >= 4 is 0 Å². The molecule has 1 aliphatic carbocycles. The van der Waals surface area contributed by atoms with Crippen molar-refractivity contribution < 1.29 is 0 Å². The summed E-state index contributed by atoms with van der Waals surface area (Å²) in [6.45, 7) is 5.09. The Kier molecular flexibility index (Phi) is 4.25. The van der Waals surface area contributed by atoms with Crippen molar-refractivity contribution in [2.45, 2.75) is 82.8 Å². The molecule has 3 fully saturated rings. The van der Waals surface area contributed by atoms with E-state index in [-0.39, 0.29) is 0 Å². The number of hydrogen-bond donors (Lipinski definition) is 1. The molecular formula is C16H30N2. The SMILES string of the molecule is CCC1CCCC(NC2CCN3CCCCC23)C1. The van der Waals surface area contributed by atoms with Gasteiger partial charge in [-0.15, -0.1) is 0 Å². The maximum absolute atomic E-state index is 4.04. The molecule has 1 saturated carbocycles. The summed E-state index contributed by atoms with van der Waals surface area (Å²) in [7, 11) is 0. The first kappa shape index (κ1) is 12.9. The fourth-order valence-electron chi connectivity index (χ4n) is 4.56. The maximum atomic E-state index is 4.04. The van der Waals surface area contributed by atoms with Crippen molar-refractivity contribution in [2.24, 2.45) is 5.92 Å². The molecule has 3 rings (SSSR count). The molecule has 3 aliphatic rings. The van der Waals surface area contributed by atoms with E-state index in [2.05, 4.69) is 17.1 Å². The molecule has 0 bridgehead atoms. The van der Waals surface area contributed by atoms with Gasteiger partial charge in [-0.1, -0.05) is 32.6 Å². The minimum absolute atomic E-state index is 0.811. The van der Waals surface area contributed by atoms with Crippen molar-refractivity contribution in [3.8, 4) is 0 Å². The van der Waals surface area contributed by atoms with Gasteiger partial charge in [0.05, 0.1) is 0 Å². The van der Waals surface area contributed by atoms with Crippen LogP contribution in [0, 0.1) is 5.92 Å². The van der Waals surface area contributed by atoms with Crippen LogP contribution >= 0.6 is 0 Å². The highest BCUT2D eigenvalue weighted by atomic mass is 15.2. The fraction of sp³-hybridized carbons (Fsp3) is 1.00. The lowest BCUT2D eigenvalue weighted by molar-refractivity contribution is 0.167. The van der Waals surface area contributed by atoms with Crippen LogP contribution in [0.4, 0.5) is 0 Å². The first-order valence-corrected chi connectivity index (χ1v) is 8.37. The molecule has 0 aromatic rings. The molecule has 2 nitrogen and oxygen atoms in total. The van der Waals surface area contributed by atoms with E-state index in [0.29, 0.717) is 0 Å². The molecule has 4 atom stereocenters. The maximum Gasteiger partial charge on any atom is 0.0249 e. The van der Waals surface area contributed by atoms with Crippen molar-refractivity contribution in [3.63, 3.8) is 0 Å². The van der Waals surface area contributed by atoms with Crippen LogP contribution in [-0.2, 0) is 0 Å². The normalized spacial score (nSPS) is 41.8. The second-order valence-electron chi connectivity index (χ2n) is 6.80. The molecule has 4 unspecified atom stereocenters. The Balaban J connectivity index is 1.53. The Morgan fingerprint density at radius 1 is 1.00 bits per heavy atom. The van der Waals surface area contributed by atoms with Crippen molar-refractivity contribution in [3.05, 3.63) is 0 Å². The lowest BCUT2D eigenvalue weighted by Gasteiger charge is -2.36. The summed E-state index contributed by atoms with van der Waals surface area (Å²) >= 11 is 0. The van der Waals surface area contributed by atoms with Gasteiger partial charge in [0.25, 0.3) is 0 Å². The smallest absolute Gasteiger partial charge is 0.0249 e. The van der Waals surface area contributed by atoms with E-state index >= 15 is 0 Å². The predicted octanol–water partition coefficient (Wildman–Crippen LogP) is 3.17. The highest BCUT2D eigenvalue weighted by Crippen LogP contribution is 2.31. The monoisotopic (exact) mass is 250 g/mol. The summed E-state index contributed by atoms with van der Waals surface area (Å²) in [4.78, 5) is 2.75. The Morgan fingerprint density at radius 2 is 1.94 bits per heavy atom. The van der Waals surface area contributed by atoms with E-state index in [1.165, 1.54) is 70.9 Å². The van der Waals surface area contributed by atoms with Crippen LogP contribution in [0.1, 0.15) is 64.7 Å². The molecule has 18 heavy (non-hydrogen) atoms. The van der Waals surface area contributed by atoms with Crippen LogP contribution in [0.5, 0.6) is 0 Å². The molecule has 2 saturated heterocycles. The van der Waals surface area contributed by atoms with Gasteiger partial charge in [0.15, 0.2) is 0 Å². The van der Waals surface area contributed by atoms with Crippen LogP contribution in [-0.4, -0.2) is 36.1 Å². The lowest BCUT2D eigenvalue weighted by atomic mass is 9.83. The minimum Gasteiger partial charge on any atom is -0.310 e. The molecule has 104 valence electrons. The third-order valence-electron chi connectivity index (χ3n) is 5.67. The van der Waals surface area contributed by atoms with E-state index in [1.54, 1.807) is 0 Å². The molecule has 2 heterocycles. The van der Waals surface area contributed by atoms with Gasteiger partial charge in [-0.2, -0.15) is 0 Å². The van der Waals surface area contributed by atoms with Gasteiger partial charge in [-0.3, -0.25) is 4.90 Å². The van der Waals surface area contributed by atoms with Crippen molar-refractivity contribution in [1.82, 2.24) is 10.2 Å². The second kappa shape index (κ2) is 5.92. The summed E-state index contributed by atoms with van der Waals surface area (Å²) in [5.41, 5.74) is 0. The summed E-state index contributed by atoms with van der Waals surface area (Å²) < 4.78 is 0. The Morgan fingerprint density at radius 3 is 2.83 bits per heavy atom. The zero-order valence-corrected chi connectivity index (χ0v) is 12.0. The zero-order valence-electron chi connectivity index (χ0n) is 12.0. The molecule has 2 aliphatic heterocycles. The predicted molar refractivity (Wildman–Crippen MR) is 76.8 cm³/mol. The number of piperidine rings is 1. The second-order valence-corrected chi connectivity index (χ2v) is 6.80. The van der Waals surface area contributed by atoms with Gasteiger partial charge in [0.2, 0.25) is 0 Å². The Labute approximate surface area is 113 Å². The highest BCUT2D eigenvalue weighted by molar-refractivity contribution is 4.95. The Bertz CT molecular complexity index is 266. The van der Waals surface area contributed by atoms with E-state index in [4.69, 9.17) is 0 Å². The van der Waals surface area contributed by atoms with Crippen LogP contribution in [0.2, 0.25) is 0 Å². The number of hydrogen-bond acceptors (Lipinski definition) is 2. The van der Waals surface area contributed by atoms with Gasteiger partial charge in [-0.05, 0) is 44.6 Å². The summed E-state index contributed by atoms with van der Waals surface area (Å²) in [5.74, 6) is 1.00. The van der Waals surface area contributed by atoms with E-state index in [9.17, 15) is 0 Å². The standard InChI is InChI=1S/C16H30N2/c1-2-13-6-5-7-14(12-13)17-15-9-11-18-10-4-3-8-16(15)18/h13-17H,2-12H2,1H3. The summed E-state index contributed by atoms with van der Waals surface area (Å²) in [6.07, 6.45) is 12.9. The van der Waals surface area contributed by atoms with Gasteiger partial charge in [0.1, 0.15) is 0 Å². The topological polar surface area (TPSA) is 15.3 Å². The zero-order chi connectivity index (χ0) is 12.4. The molecule has 0 aromatic heterocycles. The van der Waals surface area contributed by atoms with Crippen LogP contribution in [0.25, 0.3) is 0 Å². The van der Waals surface area contributed by atoms with Crippen molar-refractivity contribution in [2.75, 3.05) is 13.1 Å². The van der Waals surface area contributed by atoms with Crippen LogP contribution in [0.15, 0.2) is 0 Å². The third-order valence-corrected chi connectivity index (χ3v) is 5.67. The van der Waals surface area contributed by atoms with Crippen LogP contribution in [0.3, 0.4) is 0 Å². The average molecular weight is 250 g/mol. The average Bonchev–Trinajstić information content (AvgIpc) is 2.83. The first-order chi connectivity index (χ1) is 8.86. The molecule has 0 spiro atoms. The van der Waals surface area contributed by atoms with E-state index in [0.717, 1.165) is 24.0 Å². The fourth-order valence-corrected chi connectivity index (χ4v) is 4.56. The van der Waals surface area contributed by atoms with Crippen molar-refractivity contribution in [1.29, 1.82) is 0 Å². The van der Waals surface area contributed by atoms with E-state index in [1.807, 2.05) is 0 Å². The Hall–Kier alpha value is -0.0800. The molecular weight excluding hydrogens is 220 g/mol. The number of nitrogens with zero attached hydrogens (tertiary/aromatic N) is 1.